The normalized spacial score (nSPS) is 10.6. The first-order valence-electron chi connectivity index (χ1n) is 7.19. The van der Waals surface area contributed by atoms with Gasteiger partial charge in [-0.3, -0.25) is 29.1 Å². The molecule has 2 N–H and O–H groups in total. The minimum Gasteiger partial charge on any atom is -0.292 e. The number of aromatic nitrogens is 5. The molecule has 0 fully saturated rings. The van der Waals surface area contributed by atoms with Crippen LogP contribution in [0.3, 0.4) is 0 Å². The number of amides is 1. The van der Waals surface area contributed by atoms with Gasteiger partial charge in [0.15, 0.2) is 5.82 Å². The van der Waals surface area contributed by atoms with E-state index in [1.807, 2.05) is 0 Å². The van der Waals surface area contributed by atoms with Crippen molar-refractivity contribution in [3.05, 3.63) is 63.2 Å². The summed E-state index contributed by atoms with van der Waals surface area (Å²) in [6.45, 7) is -0.323. The number of nitrogens with one attached hydrogen (secondary N) is 2. The number of carbonyl (C=O) groups is 1. The van der Waals surface area contributed by atoms with Gasteiger partial charge in [0, 0.05) is 19.3 Å². The highest BCUT2D eigenvalue weighted by Gasteiger charge is 2.13. The summed E-state index contributed by atoms with van der Waals surface area (Å²) in [7, 11) is 1.31. The molecule has 9 nitrogen and oxygen atoms in total. The first-order valence-corrected chi connectivity index (χ1v) is 7.19. The molecule has 0 saturated heterocycles. The molecule has 10 heteroatoms. The van der Waals surface area contributed by atoms with Crippen LogP contribution in [0.4, 0.5) is 10.3 Å². The number of anilines is 1. The van der Waals surface area contributed by atoms with Gasteiger partial charge in [-0.05, 0) is 12.1 Å². The van der Waals surface area contributed by atoms with E-state index in [-0.39, 0.29) is 23.9 Å². The molecule has 3 aromatic rings. The minimum absolute atomic E-state index is 0.0545. The van der Waals surface area contributed by atoms with Crippen LogP contribution in [0.15, 0.2) is 46.1 Å². The summed E-state index contributed by atoms with van der Waals surface area (Å²) in [5.41, 5.74) is -0.875. The molecular formula is C15H13FN6O3. The summed E-state index contributed by atoms with van der Waals surface area (Å²) >= 11 is 0. The Kier molecular flexibility index (Phi) is 4.25. The van der Waals surface area contributed by atoms with E-state index in [1.165, 1.54) is 31.4 Å². The van der Waals surface area contributed by atoms with Gasteiger partial charge in [-0.25, -0.2) is 9.18 Å². The molecule has 0 saturated carbocycles. The lowest BCUT2D eigenvalue weighted by Gasteiger charge is -2.06. The van der Waals surface area contributed by atoms with E-state index in [0.29, 0.717) is 0 Å². The van der Waals surface area contributed by atoms with Crippen LogP contribution in [0.1, 0.15) is 0 Å². The molecule has 1 aromatic carbocycles. The van der Waals surface area contributed by atoms with Gasteiger partial charge in [-0.2, -0.15) is 4.98 Å². The molecule has 0 unspecified atom stereocenters. The van der Waals surface area contributed by atoms with Crippen molar-refractivity contribution >= 4 is 11.9 Å². The zero-order valence-corrected chi connectivity index (χ0v) is 13.1. The summed E-state index contributed by atoms with van der Waals surface area (Å²) < 4.78 is 15.7. The van der Waals surface area contributed by atoms with Gasteiger partial charge in [-0.1, -0.05) is 12.1 Å². The Balaban J connectivity index is 1.75. The predicted molar refractivity (Wildman–Crippen MR) is 86.3 cm³/mol. The SMILES string of the molecule is Cn1c(=O)ccn(CC(=O)Nc2n[nH]c(-c3ccccc3F)n2)c1=O. The molecule has 0 bridgehead atoms. The maximum absolute atomic E-state index is 13.7. The topological polar surface area (TPSA) is 115 Å². The lowest BCUT2D eigenvalue weighted by atomic mass is 10.2. The summed E-state index contributed by atoms with van der Waals surface area (Å²) in [6.07, 6.45) is 1.23. The highest BCUT2D eigenvalue weighted by Crippen LogP contribution is 2.19. The van der Waals surface area contributed by atoms with Crippen molar-refractivity contribution < 1.29 is 9.18 Å². The van der Waals surface area contributed by atoms with Gasteiger partial charge in [0.1, 0.15) is 12.4 Å². The molecule has 3 rings (SSSR count). The third-order valence-electron chi connectivity index (χ3n) is 3.44. The molecule has 25 heavy (non-hydrogen) atoms. The van der Waals surface area contributed by atoms with E-state index in [1.54, 1.807) is 12.1 Å². The predicted octanol–water partition coefficient (Wildman–Crippen LogP) is 0.110. The molecule has 0 aliphatic rings. The zero-order chi connectivity index (χ0) is 18.0. The van der Waals surface area contributed by atoms with Crippen LogP contribution in [0, 0.1) is 5.82 Å². The molecule has 128 valence electrons. The van der Waals surface area contributed by atoms with Gasteiger partial charge in [0.05, 0.1) is 5.56 Å². The number of benzene rings is 1. The first-order chi connectivity index (χ1) is 12.0. The third-order valence-corrected chi connectivity index (χ3v) is 3.44. The van der Waals surface area contributed by atoms with Crippen LogP contribution in [-0.4, -0.2) is 30.2 Å². The van der Waals surface area contributed by atoms with Crippen molar-refractivity contribution in [1.29, 1.82) is 0 Å². The second kappa shape index (κ2) is 6.51. The average molecular weight is 344 g/mol. The highest BCUT2D eigenvalue weighted by molar-refractivity contribution is 5.88. The Morgan fingerprint density at radius 3 is 2.80 bits per heavy atom. The van der Waals surface area contributed by atoms with Crippen molar-refractivity contribution in [3.8, 4) is 11.4 Å². The van der Waals surface area contributed by atoms with E-state index < -0.39 is 23.0 Å². The molecule has 0 aliphatic carbocycles. The van der Waals surface area contributed by atoms with Crippen LogP contribution in [0.2, 0.25) is 0 Å². The number of hydrogen-bond donors (Lipinski definition) is 2. The van der Waals surface area contributed by atoms with Gasteiger partial charge in [0.25, 0.3) is 5.56 Å². The molecule has 2 aromatic heterocycles. The Morgan fingerprint density at radius 1 is 1.28 bits per heavy atom. The fourth-order valence-electron chi connectivity index (χ4n) is 2.15. The molecular weight excluding hydrogens is 331 g/mol. The highest BCUT2D eigenvalue weighted by atomic mass is 19.1. The monoisotopic (exact) mass is 344 g/mol. The lowest BCUT2D eigenvalue weighted by Crippen LogP contribution is -2.39. The van der Waals surface area contributed by atoms with Crippen LogP contribution >= 0.6 is 0 Å². The van der Waals surface area contributed by atoms with Crippen LogP contribution in [0.25, 0.3) is 11.4 Å². The van der Waals surface area contributed by atoms with E-state index in [2.05, 4.69) is 20.5 Å². The Morgan fingerprint density at radius 2 is 2.04 bits per heavy atom. The number of rotatable bonds is 4. The molecule has 1 amide bonds. The summed E-state index contributed by atoms with van der Waals surface area (Å²) in [5.74, 6) is -0.943. The maximum Gasteiger partial charge on any atom is 0.331 e. The standard InChI is InChI=1S/C15H13FN6O3/c1-21-12(24)6-7-22(15(21)25)8-11(23)17-14-18-13(19-20-14)9-4-2-3-5-10(9)16/h2-7H,8H2,1H3,(H2,17,18,19,20,23). The minimum atomic E-state index is -0.621. The quantitative estimate of drug-likeness (QED) is 0.697. The molecule has 0 radical (unpaired) electrons. The zero-order valence-electron chi connectivity index (χ0n) is 13.1. The second-order valence-corrected chi connectivity index (χ2v) is 5.16. The Bertz CT molecular complexity index is 1050. The van der Waals surface area contributed by atoms with Crippen molar-refractivity contribution in [2.75, 3.05) is 5.32 Å². The Hall–Kier alpha value is -3.56. The van der Waals surface area contributed by atoms with Gasteiger partial charge in [0.2, 0.25) is 11.9 Å². The van der Waals surface area contributed by atoms with Crippen molar-refractivity contribution in [2.24, 2.45) is 7.05 Å². The second-order valence-electron chi connectivity index (χ2n) is 5.16. The van der Waals surface area contributed by atoms with E-state index in [0.717, 1.165) is 9.13 Å². The largest absolute Gasteiger partial charge is 0.331 e. The van der Waals surface area contributed by atoms with Crippen molar-refractivity contribution in [1.82, 2.24) is 24.3 Å². The van der Waals surface area contributed by atoms with Crippen LogP contribution in [0.5, 0.6) is 0 Å². The maximum atomic E-state index is 13.7. The number of hydrogen-bond acceptors (Lipinski definition) is 5. The molecule has 2 heterocycles. The van der Waals surface area contributed by atoms with E-state index in [4.69, 9.17) is 0 Å². The lowest BCUT2D eigenvalue weighted by molar-refractivity contribution is -0.116. The average Bonchev–Trinajstić information content (AvgIpc) is 3.04. The number of nitrogens with zero attached hydrogens (tertiary/aromatic N) is 4. The van der Waals surface area contributed by atoms with E-state index in [9.17, 15) is 18.8 Å². The van der Waals surface area contributed by atoms with Crippen molar-refractivity contribution in [3.63, 3.8) is 0 Å². The number of carbonyl (C=O) groups excluding carboxylic acids is 1. The van der Waals surface area contributed by atoms with Crippen LogP contribution < -0.4 is 16.6 Å². The van der Waals surface area contributed by atoms with E-state index >= 15 is 0 Å². The molecule has 0 spiro atoms. The van der Waals surface area contributed by atoms with Crippen LogP contribution in [-0.2, 0) is 18.4 Å². The Labute approximate surface area is 139 Å². The fourth-order valence-corrected chi connectivity index (χ4v) is 2.15. The first kappa shape index (κ1) is 16.3. The fraction of sp³-hybridized carbons (Fsp3) is 0.133. The van der Waals surface area contributed by atoms with Gasteiger partial charge < -0.3 is 0 Å². The summed E-state index contributed by atoms with van der Waals surface area (Å²) in [5, 5.41) is 8.72. The molecule has 0 aliphatic heterocycles. The third kappa shape index (κ3) is 3.37. The smallest absolute Gasteiger partial charge is 0.292 e. The summed E-state index contributed by atoms with van der Waals surface area (Å²) in [4.78, 5) is 39.2. The number of halogens is 1. The molecule has 0 atom stereocenters. The number of aromatic amines is 1. The van der Waals surface area contributed by atoms with Crippen molar-refractivity contribution in [2.45, 2.75) is 6.54 Å². The number of H-pyrrole nitrogens is 1. The summed E-state index contributed by atoms with van der Waals surface area (Å²) in [6, 6.07) is 7.17. The van der Waals surface area contributed by atoms with Gasteiger partial charge >= 0.3 is 5.69 Å². The van der Waals surface area contributed by atoms with Gasteiger partial charge in [-0.15, -0.1) is 5.10 Å².